The number of hydrogen-bond donors (Lipinski definition) is 2. The smallest absolute Gasteiger partial charge is 0.119 e. The van der Waals surface area contributed by atoms with Gasteiger partial charge >= 0.3 is 0 Å². The van der Waals surface area contributed by atoms with E-state index in [1.807, 2.05) is 0 Å². The molecule has 0 aromatic heterocycles. The zero-order chi connectivity index (χ0) is 16.7. The molecule has 0 rings (SSSR count). The first-order valence-electron chi connectivity index (χ1n) is 8.09. The summed E-state index contributed by atoms with van der Waals surface area (Å²) in [6.45, 7) is 3.70. The fraction of sp³-hybridized carbons (Fsp3) is 0.812. The number of rotatable bonds is 15. The molecule has 6 heteroatoms. The number of carbonyl (C=O) groups excluding carboxylic acids is 1. The Balaban J connectivity index is 4.01. The van der Waals surface area contributed by atoms with Crippen molar-refractivity contribution in [1.82, 2.24) is 0 Å². The van der Waals surface area contributed by atoms with Crippen LogP contribution in [0, 0.1) is 0 Å². The monoisotopic (exact) mass is 317 g/mol. The van der Waals surface area contributed by atoms with Gasteiger partial charge in [-0.1, -0.05) is 19.1 Å². The van der Waals surface area contributed by atoms with E-state index in [4.69, 9.17) is 14.9 Å². The quantitative estimate of drug-likeness (QED) is 0.246. The molecule has 2 N–H and O–H groups in total. The van der Waals surface area contributed by atoms with Gasteiger partial charge < -0.3 is 29.3 Å². The molecule has 0 aromatic rings. The molecule has 6 nitrogen and oxygen atoms in total. The molecule has 22 heavy (non-hydrogen) atoms. The van der Waals surface area contributed by atoms with Gasteiger partial charge in [0.05, 0.1) is 25.8 Å². The number of unbranched alkanes of at least 4 members (excludes halogenated alkanes) is 2. The third kappa shape index (κ3) is 10.7. The summed E-state index contributed by atoms with van der Waals surface area (Å²) in [6.07, 6.45) is 8.47. The molecule has 0 unspecified atom stereocenters. The minimum atomic E-state index is -1.18. The molecule has 0 radical (unpaired) electrons. The Morgan fingerprint density at radius 2 is 1.77 bits per heavy atom. The summed E-state index contributed by atoms with van der Waals surface area (Å²) in [4.78, 5) is 10.9. The molecule has 0 saturated heterocycles. The van der Waals surface area contributed by atoms with Gasteiger partial charge in [0.25, 0.3) is 0 Å². The molecule has 0 aliphatic rings. The number of aliphatic carboxylic acids is 1. The Morgan fingerprint density at radius 1 is 1.09 bits per heavy atom. The van der Waals surface area contributed by atoms with Crippen LogP contribution in [0.5, 0.6) is 0 Å². The Bertz CT molecular complexity index is 301. The van der Waals surface area contributed by atoms with Crippen molar-refractivity contribution in [2.24, 2.45) is 0 Å². The molecule has 130 valence electrons. The number of hydrogen-bond acceptors (Lipinski definition) is 5. The number of aliphatic hydroxyl groups is 2. The van der Waals surface area contributed by atoms with Crippen LogP contribution in [-0.4, -0.2) is 73.3 Å². The van der Waals surface area contributed by atoms with E-state index in [0.717, 1.165) is 25.7 Å². The third-order valence-electron chi connectivity index (χ3n) is 3.63. The largest absolute Gasteiger partial charge is 0.544 e. The molecule has 0 atom stereocenters. The zero-order valence-corrected chi connectivity index (χ0v) is 13.7. The highest BCUT2D eigenvalue weighted by molar-refractivity contribution is 5.65. The van der Waals surface area contributed by atoms with Crippen LogP contribution in [0.25, 0.3) is 0 Å². The number of carboxylic acid groups (broad SMARTS) is 1. The Labute approximate surface area is 133 Å². The van der Waals surface area contributed by atoms with E-state index in [9.17, 15) is 9.90 Å². The van der Waals surface area contributed by atoms with Crippen molar-refractivity contribution in [3.63, 3.8) is 0 Å². The first-order chi connectivity index (χ1) is 10.6. The minimum absolute atomic E-state index is 0.0918. The van der Waals surface area contributed by atoms with E-state index in [-0.39, 0.29) is 37.3 Å². The lowest BCUT2D eigenvalue weighted by Crippen LogP contribution is -2.58. The van der Waals surface area contributed by atoms with Gasteiger partial charge in [-0.25, -0.2) is 0 Å². The number of aliphatic hydroxyl groups excluding tert-OH is 2. The molecule has 0 amide bonds. The zero-order valence-electron chi connectivity index (χ0n) is 13.7. The van der Waals surface area contributed by atoms with Crippen LogP contribution in [0.2, 0.25) is 0 Å². The van der Waals surface area contributed by atoms with Gasteiger partial charge in [-0.15, -0.1) is 0 Å². The van der Waals surface area contributed by atoms with Gasteiger partial charge in [0, 0.05) is 6.61 Å². The number of carbonyl (C=O) groups is 1. The fourth-order valence-electron chi connectivity index (χ4n) is 2.38. The van der Waals surface area contributed by atoms with E-state index in [1.165, 1.54) is 0 Å². The van der Waals surface area contributed by atoms with Crippen LogP contribution in [0.15, 0.2) is 12.2 Å². The standard InChI is InChI=1S/C16H31NO5/c1-2-3-4-5-6-7-13-22-14-10-17(8-11-18,9-12-19)15-16(20)21/h3-4,18-19H,2,5-15H2,1H3/b4-3+. The molecular formula is C16H31NO5. The van der Waals surface area contributed by atoms with Gasteiger partial charge in [0.1, 0.15) is 26.2 Å². The van der Waals surface area contributed by atoms with Gasteiger partial charge in [-0.2, -0.15) is 0 Å². The summed E-state index contributed by atoms with van der Waals surface area (Å²) in [5.74, 6) is -1.18. The Kier molecular flexibility index (Phi) is 13.1. The van der Waals surface area contributed by atoms with Crippen LogP contribution in [0.1, 0.15) is 32.6 Å². The summed E-state index contributed by atoms with van der Waals surface area (Å²) < 4.78 is 5.65. The third-order valence-corrected chi connectivity index (χ3v) is 3.63. The first-order valence-corrected chi connectivity index (χ1v) is 8.09. The van der Waals surface area contributed by atoms with Crippen LogP contribution < -0.4 is 5.11 Å². The number of ether oxygens (including phenoxy) is 1. The van der Waals surface area contributed by atoms with Gasteiger partial charge in [-0.3, -0.25) is 0 Å². The topological polar surface area (TPSA) is 89.8 Å². The lowest BCUT2D eigenvalue weighted by atomic mass is 10.2. The highest BCUT2D eigenvalue weighted by Gasteiger charge is 2.26. The SMILES string of the molecule is CC/C=C/CCCCOCC[N+](CCO)(CCO)CC(=O)[O-]. The molecule has 0 aliphatic carbocycles. The van der Waals surface area contributed by atoms with Crippen molar-refractivity contribution in [2.75, 3.05) is 52.6 Å². The molecule has 0 spiro atoms. The van der Waals surface area contributed by atoms with E-state index < -0.39 is 5.97 Å². The van der Waals surface area contributed by atoms with Crippen LogP contribution in [-0.2, 0) is 9.53 Å². The van der Waals surface area contributed by atoms with Crippen molar-refractivity contribution in [3.05, 3.63) is 12.2 Å². The van der Waals surface area contributed by atoms with Gasteiger partial charge in [-0.05, 0) is 25.7 Å². The molecular weight excluding hydrogens is 286 g/mol. The number of allylic oxidation sites excluding steroid dienone is 2. The van der Waals surface area contributed by atoms with Crippen molar-refractivity contribution in [3.8, 4) is 0 Å². The maximum Gasteiger partial charge on any atom is 0.119 e. The van der Waals surface area contributed by atoms with E-state index in [1.54, 1.807) is 0 Å². The number of nitrogens with zero attached hydrogens (tertiary/aromatic N) is 1. The summed E-state index contributed by atoms with van der Waals surface area (Å²) in [5.41, 5.74) is 0. The number of carboxylic acids is 1. The second kappa shape index (κ2) is 13.7. The summed E-state index contributed by atoms with van der Waals surface area (Å²) in [5, 5.41) is 29.1. The average Bonchev–Trinajstić information content (AvgIpc) is 2.45. The maximum absolute atomic E-state index is 10.9. The lowest BCUT2D eigenvalue weighted by Gasteiger charge is -2.38. The fourth-order valence-corrected chi connectivity index (χ4v) is 2.38. The number of quaternary nitrogens is 1. The molecule has 0 aromatic carbocycles. The predicted molar refractivity (Wildman–Crippen MR) is 83.0 cm³/mol. The van der Waals surface area contributed by atoms with Crippen molar-refractivity contribution < 1.29 is 29.3 Å². The molecule has 0 heterocycles. The minimum Gasteiger partial charge on any atom is -0.544 e. The van der Waals surface area contributed by atoms with Crippen LogP contribution in [0.3, 0.4) is 0 Å². The summed E-state index contributed by atoms with van der Waals surface area (Å²) in [6, 6.07) is 0. The second-order valence-electron chi connectivity index (χ2n) is 5.48. The summed E-state index contributed by atoms with van der Waals surface area (Å²) in [7, 11) is 0. The highest BCUT2D eigenvalue weighted by Crippen LogP contribution is 2.06. The van der Waals surface area contributed by atoms with Crippen molar-refractivity contribution in [2.45, 2.75) is 32.6 Å². The van der Waals surface area contributed by atoms with Crippen molar-refractivity contribution >= 4 is 5.97 Å². The highest BCUT2D eigenvalue weighted by atomic mass is 16.5. The summed E-state index contributed by atoms with van der Waals surface area (Å²) >= 11 is 0. The van der Waals surface area contributed by atoms with Crippen LogP contribution in [0.4, 0.5) is 0 Å². The molecule has 0 saturated carbocycles. The average molecular weight is 317 g/mol. The predicted octanol–water partition coefficient (Wildman–Crippen LogP) is -0.309. The van der Waals surface area contributed by atoms with Crippen molar-refractivity contribution in [1.29, 1.82) is 0 Å². The van der Waals surface area contributed by atoms with Gasteiger partial charge in [0.15, 0.2) is 0 Å². The van der Waals surface area contributed by atoms with Gasteiger partial charge in [0.2, 0.25) is 0 Å². The normalized spacial score (nSPS) is 12.1. The second-order valence-corrected chi connectivity index (χ2v) is 5.48. The molecule has 0 aliphatic heterocycles. The maximum atomic E-state index is 10.9. The van der Waals surface area contributed by atoms with Crippen LogP contribution >= 0.6 is 0 Å². The van der Waals surface area contributed by atoms with E-state index in [0.29, 0.717) is 19.8 Å². The Hall–Kier alpha value is -0.950. The van der Waals surface area contributed by atoms with E-state index >= 15 is 0 Å². The lowest BCUT2D eigenvalue weighted by molar-refractivity contribution is -0.923. The molecule has 0 bridgehead atoms. The Morgan fingerprint density at radius 3 is 2.32 bits per heavy atom. The van der Waals surface area contributed by atoms with E-state index in [2.05, 4.69) is 19.1 Å². The first kappa shape index (κ1) is 21.0. The molecule has 0 fully saturated rings.